The maximum Gasteiger partial charge on any atom is 0.391 e. The zero-order chi connectivity index (χ0) is 14.9. The first-order chi connectivity index (χ1) is 9.29. The molecule has 0 aromatic heterocycles. The maximum atomic E-state index is 13.6. The second-order valence-corrected chi connectivity index (χ2v) is 5.44. The van der Waals surface area contributed by atoms with Crippen LogP contribution in [-0.4, -0.2) is 12.0 Å². The van der Waals surface area contributed by atoms with Crippen molar-refractivity contribution >= 4 is 5.78 Å². The van der Waals surface area contributed by atoms with Gasteiger partial charge in [-0.2, -0.15) is 13.2 Å². The van der Waals surface area contributed by atoms with Crippen LogP contribution in [0.25, 0.3) is 0 Å². The summed E-state index contributed by atoms with van der Waals surface area (Å²) < 4.78 is 51.3. The molecule has 0 N–H and O–H groups in total. The van der Waals surface area contributed by atoms with Crippen molar-refractivity contribution in [1.29, 1.82) is 0 Å². The lowest BCUT2D eigenvalue weighted by Crippen LogP contribution is -2.30. The molecule has 0 unspecified atom stereocenters. The van der Waals surface area contributed by atoms with Crippen LogP contribution in [0.1, 0.15) is 41.6 Å². The summed E-state index contributed by atoms with van der Waals surface area (Å²) in [6.07, 6.45) is -3.93. The Kier molecular flexibility index (Phi) is 4.16. The molecular formula is C15H16F4O. The minimum Gasteiger partial charge on any atom is -0.294 e. The Bertz CT molecular complexity index is 499. The van der Waals surface area contributed by atoms with Crippen molar-refractivity contribution in [2.45, 2.75) is 38.8 Å². The molecule has 1 fully saturated rings. The second kappa shape index (κ2) is 5.54. The Morgan fingerprint density at radius 3 is 2.30 bits per heavy atom. The Morgan fingerprint density at radius 1 is 1.15 bits per heavy atom. The molecule has 0 aliphatic heterocycles. The monoisotopic (exact) mass is 288 g/mol. The number of carbonyl (C=O) groups is 1. The van der Waals surface area contributed by atoms with Gasteiger partial charge in [0.05, 0.1) is 11.5 Å². The average molecular weight is 288 g/mol. The van der Waals surface area contributed by atoms with E-state index in [0.717, 1.165) is 5.56 Å². The van der Waals surface area contributed by atoms with E-state index < -0.39 is 23.8 Å². The summed E-state index contributed by atoms with van der Waals surface area (Å²) in [5.74, 6) is -2.79. The number of rotatable bonds is 2. The van der Waals surface area contributed by atoms with E-state index >= 15 is 0 Å². The summed E-state index contributed by atoms with van der Waals surface area (Å²) in [6.45, 7) is 1.75. The summed E-state index contributed by atoms with van der Waals surface area (Å²) in [4.78, 5) is 12.2. The largest absolute Gasteiger partial charge is 0.391 e. The van der Waals surface area contributed by atoms with Gasteiger partial charge in [0.15, 0.2) is 5.78 Å². The molecular weight excluding hydrogens is 272 g/mol. The number of carbonyl (C=O) groups excluding carboxylic acids is 1. The van der Waals surface area contributed by atoms with Crippen LogP contribution >= 0.6 is 0 Å². The SMILES string of the molecule is Cc1ccc(F)c(C(=O)C2CCC(C(F)(F)F)CC2)c1. The lowest BCUT2D eigenvalue weighted by Gasteiger charge is -2.29. The molecule has 1 aromatic rings. The van der Waals surface area contributed by atoms with Crippen LogP contribution in [0.5, 0.6) is 0 Å². The van der Waals surface area contributed by atoms with E-state index in [0.29, 0.717) is 0 Å². The molecule has 1 saturated carbocycles. The quantitative estimate of drug-likeness (QED) is 0.570. The van der Waals surface area contributed by atoms with Crippen molar-refractivity contribution in [2.24, 2.45) is 11.8 Å². The fraction of sp³-hybridized carbons (Fsp3) is 0.533. The van der Waals surface area contributed by atoms with Crippen molar-refractivity contribution in [3.05, 3.63) is 35.1 Å². The highest BCUT2D eigenvalue weighted by atomic mass is 19.4. The predicted molar refractivity (Wildman–Crippen MR) is 67.0 cm³/mol. The number of aryl methyl sites for hydroxylation is 1. The molecule has 0 atom stereocenters. The molecule has 2 rings (SSSR count). The smallest absolute Gasteiger partial charge is 0.294 e. The van der Waals surface area contributed by atoms with Gasteiger partial charge in [0.25, 0.3) is 0 Å². The fourth-order valence-corrected chi connectivity index (χ4v) is 2.73. The third-order valence-corrected chi connectivity index (χ3v) is 3.95. The second-order valence-electron chi connectivity index (χ2n) is 5.44. The van der Waals surface area contributed by atoms with Crippen molar-refractivity contribution in [2.75, 3.05) is 0 Å². The predicted octanol–water partition coefficient (Wildman–Crippen LogP) is 4.69. The highest BCUT2D eigenvalue weighted by molar-refractivity contribution is 5.98. The Hall–Kier alpha value is -1.39. The third-order valence-electron chi connectivity index (χ3n) is 3.95. The van der Waals surface area contributed by atoms with E-state index in [2.05, 4.69) is 0 Å². The maximum absolute atomic E-state index is 13.6. The molecule has 5 heteroatoms. The van der Waals surface area contributed by atoms with E-state index in [1.807, 2.05) is 0 Å². The molecule has 1 nitrogen and oxygen atoms in total. The lowest BCUT2D eigenvalue weighted by atomic mass is 9.78. The van der Waals surface area contributed by atoms with Gasteiger partial charge in [0.2, 0.25) is 0 Å². The molecule has 20 heavy (non-hydrogen) atoms. The van der Waals surface area contributed by atoms with Crippen LogP contribution in [0.3, 0.4) is 0 Å². The topological polar surface area (TPSA) is 17.1 Å². The molecule has 0 radical (unpaired) electrons. The van der Waals surface area contributed by atoms with Crippen molar-refractivity contribution in [3.63, 3.8) is 0 Å². The Morgan fingerprint density at radius 2 is 1.75 bits per heavy atom. The van der Waals surface area contributed by atoms with E-state index in [4.69, 9.17) is 0 Å². The number of hydrogen-bond acceptors (Lipinski definition) is 1. The standard InChI is InChI=1S/C15H16F4O/c1-9-2-7-13(16)12(8-9)14(20)10-3-5-11(6-4-10)15(17,18)19/h2,7-8,10-11H,3-6H2,1H3. The van der Waals surface area contributed by atoms with Gasteiger partial charge in [-0.1, -0.05) is 11.6 Å². The number of halogens is 4. The summed E-state index contributed by atoms with van der Waals surface area (Å²) in [6, 6.07) is 4.25. The van der Waals surface area contributed by atoms with E-state index in [1.165, 1.54) is 12.1 Å². The molecule has 0 bridgehead atoms. The average Bonchev–Trinajstić information content (AvgIpc) is 2.40. The third kappa shape index (κ3) is 3.19. The molecule has 0 heterocycles. The molecule has 1 aliphatic carbocycles. The molecule has 1 aromatic carbocycles. The zero-order valence-electron chi connectivity index (χ0n) is 11.1. The number of alkyl halides is 3. The van der Waals surface area contributed by atoms with Gasteiger partial charge in [-0.15, -0.1) is 0 Å². The number of ketones is 1. The van der Waals surface area contributed by atoms with Crippen molar-refractivity contribution in [1.82, 2.24) is 0 Å². The van der Waals surface area contributed by atoms with Gasteiger partial charge in [-0.3, -0.25) is 4.79 Å². The Labute approximate surface area is 115 Å². The minimum atomic E-state index is -4.19. The van der Waals surface area contributed by atoms with Gasteiger partial charge >= 0.3 is 6.18 Å². The molecule has 1 aliphatic rings. The molecule has 0 amide bonds. The summed E-state index contributed by atoms with van der Waals surface area (Å²) in [5, 5.41) is 0. The van der Waals surface area contributed by atoms with Crippen LogP contribution in [-0.2, 0) is 0 Å². The molecule has 110 valence electrons. The minimum absolute atomic E-state index is 0.000425. The van der Waals surface area contributed by atoms with Gasteiger partial charge in [0, 0.05) is 5.92 Å². The zero-order valence-corrected chi connectivity index (χ0v) is 11.1. The fourth-order valence-electron chi connectivity index (χ4n) is 2.73. The Balaban J connectivity index is 2.07. The van der Waals surface area contributed by atoms with Gasteiger partial charge in [-0.05, 0) is 44.7 Å². The highest BCUT2D eigenvalue weighted by Crippen LogP contribution is 2.40. The first-order valence-electron chi connectivity index (χ1n) is 6.66. The van der Waals surface area contributed by atoms with E-state index in [1.54, 1.807) is 13.0 Å². The summed E-state index contributed by atoms with van der Waals surface area (Å²) >= 11 is 0. The van der Waals surface area contributed by atoms with Crippen LogP contribution in [0.4, 0.5) is 17.6 Å². The van der Waals surface area contributed by atoms with E-state index in [9.17, 15) is 22.4 Å². The molecule has 0 saturated heterocycles. The van der Waals surface area contributed by atoms with E-state index in [-0.39, 0.29) is 37.0 Å². The lowest BCUT2D eigenvalue weighted by molar-refractivity contribution is -0.183. The normalized spacial score (nSPS) is 23.6. The van der Waals surface area contributed by atoms with Crippen molar-refractivity contribution < 1.29 is 22.4 Å². The van der Waals surface area contributed by atoms with Gasteiger partial charge in [0.1, 0.15) is 5.82 Å². The summed E-state index contributed by atoms with van der Waals surface area (Å²) in [5.41, 5.74) is 0.763. The number of Topliss-reactive ketones (excluding diaryl/α,β-unsaturated/α-hetero) is 1. The van der Waals surface area contributed by atoms with Crippen LogP contribution < -0.4 is 0 Å². The number of benzene rings is 1. The highest BCUT2D eigenvalue weighted by Gasteiger charge is 2.42. The van der Waals surface area contributed by atoms with Crippen LogP contribution in [0.15, 0.2) is 18.2 Å². The van der Waals surface area contributed by atoms with Crippen LogP contribution in [0, 0.1) is 24.6 Å². The van der Waals surface area contributed by atoms with Crippen molar-refractivity contribution in [3.8, 4) is 0 Å². The number of hydrogen-bond donors (Lipinski definition) is 0. The summed E-state index contributed by atoms with van der Waals surface area (Å²) in [7, 11) is 0. The van der Waals surface area contributed by atoms with Gasteiger partial charge in [-0.25, -0.2) is 4.39 Å². The van der Waals surface area contributed by atoms with Crippen LogP contribution in [0.2, 0.25) is 0 Å². The first kappa shape index (κ1) is 15.0. The molecule has 0 spiro atoms. The first-order valence-corrected chi connectivity index (χ1v) is 6.66. The van der Waals surface area contributed by atoms with Gasteiger partial charge < -0.3 is 0 Å².